The van der Waals surface area contributed by atoms with Crippen LogP contribution < -0.4 is 16.2 Å². The quantitative estimate of drug-likeness (QED) is 0.573. The molecule has 9 heteroatoms. The SMILES string of the molecule is C/C=C\c1ccc2n(c1=O)C[C@H]1[C@H](CO)[C@@H](C(=O)NCc3ccncc3)N(C(=O)NC3CCCC3)[C@@H]21. The molecular weight excluding hydrogens is 458 g/mol. The number of aromatic nitrogens is 2. The number of rotatable bonds is 6. The van der Waals surface area contributed by atoms with Gasteiger partial charge in [0.25, 0.3) is 5.56 Å². The highest BCUT2D eigenvalue weighted by molar-refractivity contribution is 5.88. The van der Waals surface area contributed by atoms with Crippen molar-refractivity contribution in [1.82, 2.24) is 25.1 Å². The Kier molecular flexibility index (Phi) is 6.91. The van der Waals surface area contributed by atoms with Gasteiger partial charge in [0, 0.05) is 61.2 Å². The number of hydrogen-bond acceptors (Lipinski definition) is 5. The van der Waals surface area contributed by atoms with E-state index in [4.69, 9.17) is 0 Å². The minimum Gasteiger partial charge on any atom is -0.396 e. The van der Waals surface area contributed by atoms with Crippen molar-refractivity contribution in [1.29, 1.82) is 0 Å². The van der Waals surface area contributed by atoms with Gasteiger partial charge in [-0.1, -0.05) is 25.0 Å². The molecule has 2 aromatic rings. The molecular formula is C27H33N5O4. The molecule has 2 fully saturated rings. The maximum atomic E-state index is 13.7. The monoisotopic (exact) mass is 491 g/mol. The summed E-state index contributed by atoms with van der Waals surface area (Å²) in [6, 6.07) is 5.75. The molecule has 1 saturated carbocycles. The Balaban J connectivity index is 1.49. The van der Waals surface area contributed by atoms with E-state index in [0.29, 0.717) is 24.3 Å². The maximum Gasteiger partial charge on any atom is 0.318 e. The fraction of sp³-hybridized carbons (Fsp3) is 0.481. The molecule has 3 aliphatic rings. The zero-order valence-electron chi connectivity index (χ0n) is 20.5. The van der Waals surface area contributed by atoms with Crippen molar-refractivity contribution in [2.45, 2.75) is 63.8 Å². The fourth-order valence-corrected chi connectivity index (χ4v) is 6.15. The number of likely N-dealkylation sites (tertiary alicyclic amines) is 1. The number of hydrogen-bond donors (Lipinski definition) is 3. The van der Waals surface area contributed by atoms with Crippen LogP contribution in [0.2, 0.25) is 0 Å². The molecule has 9 nitrogen and oxygen atoms in total. The number of carbonyl (C=O) groups excluding carboxylic acids is 2. The predicted molar refractivity (Wildman–Crippen MR) is 135 cm³/mol. The first-order valence-corrected chi connectivity index (χ1v) is 12.8. The van der Waals surface area contributed by atoms with E-state index >= 15 is 0 Å². The highest BCUT2D eigenvalue weighted by atomic mass is 16.3. The number of allylic oxidation sites excluding steroid dienone is 1. The van der Waals surface area contributed by atoms with Crippen LogP contribution in [0.4, 0.5) is 4.79 Å². The Morgan fingerprint density at radius 1 is 1.17 bits per heavy atom. The molecule has 0 spiro atoms. The van der Waals surface area contributed by atoms with E-state index in [1.54, 1.807) is 34.0 Å². The Morgan fingerprint density at radius 2 is 1.92 bits per heavy atom. The molecule has 3 amide bonds. The lowest BCUT2D eigenvalue weighted by Crippen LogP contribution is -2.54. The topological polar surface area (TPSA) is 117 Å². The van der Waals surface area contributed by atoms with E-state index in [9.17, 15) is 19.5 Å². The fourth-order valence-electron chi connectivity index (χ4n) is 6.15. The van der Waals surface area contributed by atoms with E-state index in [0.717, 1.165) is 31.2 Å². The number of nitrogens with zero attached hydrogens (tertiary/aromatic N) is 3. The summed E-state index contributed by atoms with van der Waals surface area (Å²) in [5.74, 6) is -1.04. The van der Waals surface area contributed by atoms with Crippen molar-refractivity contribution < 1.29 is 14.7 Å². The van der Waals surface area contributed by atoms with Gasteiger partial charge in [-0.2, -0.15) is 0 Å². The van der Waals surface area contributed by atoms with E-state index in [-0.39, 0.29) is 36.1 Å². The Labute approximate surface area is 210 Å². The highest BCUT2D eigenvalue weighted by Crippen LogP contribution is 2.49. The van der Waals surface area contributed by atoms with Crippen molar-refractivity contribution >= 4 is 18.0 Å². The summed E-state index contributed by atoms with van der Waals surface area (Å²) < 4.78 is 1.70. The van der Waals surface area contributed by atoms with Gasteiger partial charge in [-0.05, 0) is 49.6 Å². The van der Waals surface area contributed by atoms with Crippen LogP contribution in [0.15, 0.2) is 47.5 Å². The second-order valence-corrected chi connectivity index (χ2v) is 9.94. The molecule has 0 radical (unpaired) electrons. The molecule has 1 saturated heterocycles. The average Bonchev–Trinajstić information content (AvgIpc) is 3.60. The van der Waals surface area contributed by atoms with Crippen molar-refractivity contribution in [2.75, 3.05) is 6.61 Å². The van der Waals surface area contributed by atoms with E-state index < -0.39 is 18.0 Å². The Bertz CT molecular complexity index is 1200. The number of nitrogens with one attached hydrogen (secondary N) is 2. The van der Waals surface area contributed by atoms with E-state index in [2.05, 4.69) is 15.6 Å². The van der Waals surface area contributed by atoms with Crippen LogP contribution >= 0.6 is 0 Å². The van der Waals surface area contributed by atoms with Crippen molar-refractivity contribution in [2.24, 2.45) is 11.8 Å². The number of amides is 3. The Hall–Kier alpha value is -3.46. The third-order valence-electron chi connectivity index (χ3n) is 7.85. The van der Waals surface area contributed by atoms with Gasteiger partial charge in [-0.3, -0.25) is 14.6 Å². The Morgan fingerprint density at radius 3 is 2.61 bits per heavy atom. The van der Waals surface area contributed by atoms with Crippen molar-refractivity contribution in [3.8, 4) is 0 Å². The summed E-state index contributed by atoms with van der Waals surface area (Å²) in [6.45, 7) is 2.26. The molecule has 4 heterocycles. The van der Waals surface area contributed by atoms with Gasteiger partial charge in [-0.25, -0.2) is 4.79 Å². The standard InChI is InChI=1S/C27H33N5O4/c1-2-5-18-8-9-22-23-20(15-31(22)26(18)35)21(16-33)24(25(34)29-14-17-10-12-28-13-11-17)32(23)27(36)30-19-6-3-4-7-19/h2,5,8-13,19-21,23-24,33H,3-4,6-7,14-16H2,1H3,(H,29,34)(H,30,36)/b5-2-/t20-,21-,23+,24-/m0/s1. The largest absolute Gasteiger partial charge is 0.396 e. The molecule has 0 bridgehead atoms. The molecule has 36 heavy (non-hydrogen) atoms. The summed E-state index contributed by atoms with van der Waals surface area (Å²) in [4.78, 5) is 46.0. The molecule has 0 unspecified atom stereocenters. The molecule has 0 aromatic carbocycles. The molecule has 190 valence electrons. The lowest BCUT2D eigenvalue weighted by atomic mass is 9.88. The van der Waals surface area contributed by atoms with Crippen LogP contribution in [0, 0.1) is 11.8 Å². The lowest BCUT2D eigenvalue weighted by molar-refractivity contribution is -0.126. The molecule has 5 rings (SSSR count). The molecule has 1 aliphatic carbocycles. The molecule has 2 aromatic heterocycles. The second kappa shape index (κ2) is 10.3. The van der Waals surface area contributed by atoms with E-state index in [1.807, 2.05) is 31.2 Å². The molecule has 2 aliphatic heterocycles. The van der Waals surface area contributed by atoms with Gasteiger partial charge >= 0.3 is 6.03 Å². The summed E-state index contributed by atoms with van der Waals surface area (Å²) in [7, 11) is 0. The average molecular weight is 492 g/mol. The minimum absolute atomic E-state index is 0.0744. The van der Waals surface area contributed by atoms with Gasteiger partial charge in [0.1, 0.15) is 6.04 Å². The second-order valence-electron chi connectivity index (χ2n) is 9.94. The van der Waals surface area contributed by atoms with Crippen LogP contribution in [-0.2, 0) is 17.9 Å². The number of pyridine rings is 2. The number of fused-ring (bicyclic) bond motifs is 3. The predicted octanol–water partition coefficient (Wildman–Crippen LogP) is 2.21. The zero-order valence-corrected chi connectivity index (χ0v) is 20.5. The van der Waals surface area contributed by atoms with Crippen LogP contribution in [0.25, 0.3) is 6.08 Å². The van der Waals surface area contributed by atoms with Crippen LogP contribution in [0.1, 0.15) is 55.5 Å². The van der Waals surface area contributed by atoms with E-state index in [1.165, 1.54) is 0 Å². The molecule has 4 atom stereocenters. The van der Waals surface area contributed by atoms with Gasteiger partial charge in [0.15, 0.2) is 0 Å². The summed E-state index contributed by atoms with van der Waals surface area (Å²) in [5.41, 5.74) is 2.07. The summed E-state index contributed by atoms with van der Waals surface area (Å²) in [6.07, 6.45) is 10.9. The normalized spacial score (nSPS) is 25.2. The maximum absolute atomic E-state index is 13.7. The number of urea groups is 1. The number of aliphatic hydroxyl groups excluding tert-OH is 1. The summed E-state index contributed by atoms with van der Waals surface area (Å²) in [5, 5.41) is 16.5. The zero-order chi connectivity index (χ0) is 25.2. The van der Waals surface area contributed by atoms with Gasteiger partial charge in [0.2, 0.25) is 5.91 Å². The van der Waals surface area contributed by atoms with Crippen molar-refractivity contribution in [3.05, 3.63) is 69.9 Å². The molecule has 3 N–H and O–H groups in total. The lowest BCUT2D eigenvalue weighted by Gasteiger charge is -2.32. The first-order chi connectivity index (χ1) is 17.5. The first-order valence-electron chi connectivity index (χ1n) is 12.8. The third kappa shape index (κ3) is 4.32. The van der Waals surface area contributed by atoms with Crippen molar-refractivity contribution in [3.63, 3.8) is 0 Å². The smallest absolute Gasteiger partial charge is 0.318 e. The first kappa shape index (κ1) is 24.2. The number of carbonyl (C=O) groups is 2. The van der Waals surface area contributed by atoms with Crippen LogP contribution in [0.5, 0.6) is 0 Å². The highest BCUT2D eigenvalue weighted by Gasteiger charge is 2.57. The van der Waals surface area contributed by atoms with Crippen LogP contribution in [0.3, 0.4) is 0 Å². The van der Waals surface area contributed by atoms with Gasteiger partial charge in [-0.15, -0.1) is 0 Å². The van der Waals surface area contributed by atoms with Gasteiger partial charge in [0.05, 0.1) is 6.04 Å². The third-order valence-corrected chi connectivity index (χ3v) is 7.85. The minimum atomic E-state index is -0.840. The summed E-state index contributed by atoms with van der Waals surface area (Å²) >= 11 is 0. The number of aliphatic hydroxyl groups is 1. The van der Waals surface area contributed by atoms with Gasteiger partial charge < -0.3 is 25.2 Å². The van der Waals surface area contributed by atoms with Crippen LogP contribution in [-0.4, -0.2) is 50.2 Å².